The molecule has 94 valence electrons. The first kappa shape index (κ1) is 12.6. The Labute approximate surface area is 107 Å². The number of nitrogens with zero attached hydrogens (tertiary/aromatic N) is 1. The Morgan fingerprint density at radius 3 is 2.83 bits per heavy atom. The molecule has 0 saturated heterocycles. The monoisotopic (exact) mass is 243 g/mol. The van der Waals surface area contributed by atoms with Gasteiger partial charge in [0.2, 0.25) is 0 Å². The van der Waals surface area contributed by atoms with Crippen LogP contribution in [0.5, 0.6) is 11.5 Å². The maximum absolute atomic E-state index is 9.23. The number of hydrogen-bond donors (Lipinski definition) is 1. The lowest BCUT2D eigenvalue weighted by Crippen LogP contribution is -1.94. The quantitative estimate of drug-likeness (QED) is 0.893. The van der Waals surface area contributed by atoms with Crippen molar-refractivity contribution in [2.75, 3.05) is 0 Å². The Kier molecular flexibility index (Phi) is 3.95. The highest BCUT2D eigenvalue weighted by atomic mass is 16.5. The summed E-state index contributed by atoms with van der Waals surface area (Å²) in [6, 6.07) is 9.72. The normalized spacial score (nSPS) is 10.7. The summed E-state index contributed by atoms with van der Waals surface area (Å²) >= 11 is 0. The largest absolute Gasteiger partial charge is 0.455 e. The maximum atomic E-state index is 9.23. The summed E-state index contributed by atoms with van der Waals surface area (Å²) < 4.78 is 5.77. The minimum Gasteiger partial charge on any atom is -0.455 e. The van der Waals surface area contributed by atoms with E-state index in [1.54, 1.807) is 18.5 Å². The molecule has 0 aliphatic rings. The fraction of sp³-hybridized carbons (Fsp3) is 0.267. The summed E-state index contributed by atoms with van der Waals surface area (Å²) in [4.78, 5) is 4.01. The van der Waals surface area contributed by atoms with E-state index in [1.807, 2.05) is 18.2 Å². The van der Waals surface area contributed by atoms with E-state index >= 15 is 0 Å². The molecule has 1 aromatic carbocycles. The van der Waals surface area contributed by atoms with Gasteiger partial charge in [-0.3, -0.25) is 4.98 Å². The highest BCUT2D eigenvalue weighted by Crippen LogP contribution is 2.27. The second-order valence-electron chi connectivity index (χ2n) is 4.47. The van der Waals surface area contributed by atoms with Crippen LogP contribution in [0.25, 0.3) is 0 Å². The minimum atomic E-state index is -0.0538. The molecule has 0 radical (unpaired) electrons. The smallest absolute Gasteiger partial charge is 0.151 e. The van der Waals surface area contributed by atoms with E-state index in [-0.39, 0.29) is 6.61 Å². The first-order valence-electron chi connectivity index (χ1n) is 6.02. The summed E-state index contributed by atoms with van der Waals surface area (Å²) in [7, 11) is 0. The molecule has 0 atom stereocenters. The molecular formula is C15H17NO2. The minimum absolute atomic E-state index is 0.0538. The molecule has 0 bridgehead atoms. The highest BCUT2D eigenvalue weighted by Gasteiger charge is 2.05. The van der Waals surface area contributed by atoms with Crippen LogP contribution in [0.3, 0.4) is 0 Å². The Morgan fingerprint density at radius 1 is 1.28 bits per heavy atom. The molecule has 1 heterocycles. The van der Waals surface area contributed by atoms with Crippen molar-refractivity contribution in [3.05, 3.63) is 53.9 Å². The first-order chi connectivity index (χ1) is 8.70. The summed E-state index contributed by atoms with van der Waals surface area (Å²) in [6.45, 7) is 4.23. The van der Waals surface area contributed by atoms with Gasteiger partial charge in [-0.1, -0.05) is 26.0 Å². The molecule has 0 saturated carbocycles. The van der Waals surface area contributed by atoms with Gasteiger partial charge in [0, 0.05) is 11.8 Å². The number of ether oxygens (including phenoxy) is 1. The Morgan fingerprint density at radius 2 is 2.11 bits per heavy atom. The molecule has 0 spiro atoms. The van der Waals surface area contributed by atoms with Crippen molar-refractivity contribution in [2.45, 2.75) is 26.4 Å². The number of aromatic nitrogens is 1. The van der Waals surface area contributed by atoms with Crippen molar-refractivity contribution in [3.63, 3.8) is 0 Å². The molecule has 0 unspecified atom stereocenters. The van der Waals surface area contributed by atoms with Crippen LogP contribution in [0.1, 0.15) is 30.9 Å². The van der Waals surface area contributed by atoms with Crippen molar-refractivity contribution >= 4 is 0 Å². The summed E-state index contributed by atoms with van der Waals surface area (Å²) in [6.07, 6.45) is 3.26. The number of rotatable bonds is 4. The lowest BCUT2D eigenvalue weighted by molar-refractivity contribution is 0.276. The molecule has 3 heteroatoms. The third-order valence-electron chi connectivity index (χ3n) is 2.79. The Hall–Kier alpha value is -1.87. The molecular weight excluding hydrogens is 226 g/mol. The SMILES string of the molecule is CC(C)c1cccc(Oc2cnccc2CO)c1. The summed E-state index contributed by atoms with van der Waals surface area (Å²) in [5.41, 5.74) is 1.96. The Balaban J connectivity index is 2.25. The fourth-order valence-corrected chi connectivity index (χ4v) is 1.70. The van der Waals surface area contributed by atoms with Crippen molar-refractivity contribution in [1.29, 1.82) is 0 Å². The van der Waals surface area contributed by atoms with Gasteiger partial charge in [-0.15, -0.1) is 0 Å². The Bertz CT molecular complexity index is 523. The van der Waals surface area contributed by atoms with Crippen LogP contribution < -0.4 is 4.74 Å². The average Bonchev–Trinajstić information content (AvgIpc) is 2.39. The van der Waals surface area contributed by atoms with Gasteiger partial charge in [-0.2, -0.15) is 0 Å². The summed E-state index contributed by atoms with van der Waals surface area (Å²) in [5, 5.41) is 9.23. The number of benzene rings is 1. The average molecular weight is 243 g/mol. The predicted molar refractivity (Wildman–Crippen MR) is 70.8 cm³/mol. The maximum Gasteiger partial charge on any atom is 0.151 e. The fourth-order valence-electron chi connectivity index (χ4n) is 1.70. The molecule has 2 aromatic rings. The van der Waals surface area contributed by atoms with Gasteiger partial charge in [-0.25, -0.2) is 0 Å². The highest BCUT2D eigenvalue weighted by molar-refractivity contribution is 5.37. The van der Waals surface area contributed by atoms with Crippen LogP contribution in [0.2, 0.25) is 0 Å². The molecule has 3 nitrogen and oxygen atoms in total. The van der Waals surface area contributed by atoms with Crippen molar-refractivity contribution < 1.29 is 9.84 Å². The van der Waals surface area contributed by atoms with E-state index in [1.165, 1.54) is 5.56 Å². The van der Waals surface area contributed by atoms with E-state index in [4.69, 9.17) is 4.74 Å². The van der Waals surface area contributed by atoms with Gasteiger partial charge >= 0.3 is 0 Å². The molecule has 0 fully saturated rings. The molecule has 0 amide bonds. The molecule has 18 heavy (non-hydrogen) atoms. The van der Waals surface area contributed by atoms with Gasteiger partial charge < -0.3 is 9.84 Å². The topological polar surface area (TPSA) is 42.4 Å². The number of aliphatic hydroxyl groups excluding tert-OH is 1. The van der Waals surface area contributed by atoms with Gasteiger partial charge in [0.1, 0.15) is 5.75 Å². The van der Waals surface area contributed by atoms with Crippen LogP contribution >= 0.6 is 0 Å². The molecule has 0 aliphatic carbocycles. The van der Waals surface area contributed by atoms with Crippen molar-refractivity contribution in [3.8, 4) is 11.5 Å². The van der Waals surface area contributed by atoms with E-state index in [9.17, 15) is 5.11 Å². The number of hydrogen-bond acceptors (Lipinski definition) is 3. The van der Waals surface area contributed by atoms with Crippen LogP contribution in [-0.4, -0.2) is 10.1 Å². The number of pyridine rings is 1. The third-order valence-corrected chi connectivity index (χ3v) is 2.79. The van der Waals surface area contributed by atoms with Gasteiger partial charge in [-0.05, 0) is 29.7 Å². The molecule has 1 N–H and O–H groups in total. The summed E-state index contributed by atoms with van der Waals surface area (Å²) in [5.74, 6) is 1.82. The zero-order valence-electron chi connectivity index (χ0n) is 10.6. The zero-order valence-corrected chi connectivity index (χ0v) is 10.6. The lowest BCUT2D eigenvalue weighted by atomic mass is 10.0. The first-order valence-corrected chi connectivity index (χ1v) is 6.02. The van der Waals surface area contributed by atoms with E-state index in [0.717, 1.165) is 11.3 Å². The molecule has 0 aliphatic heterocycles. The third kappa shape index (κ3) is 2.87. The van der Waals surface area contributed by atoms with Gasteiger partial charge in [0.25, 0.3) is 0 Å². The second-order valence-corrected chi connectivity index (χ2v) is 4.47. The lowest BCUT2D eigenvalue weighted by Gasteiger charge is -2.11. The predicted octanol–water partition coefficient (Wildman–Crippen LogP) is 3.49. The second kappa shape index (κ2) is 5.65. The van der Waals surface area contributed by atoms with E-state index < -0.39 is 0 Å². The van der Waals surface area contributed by atoms with Crippen molar-refractivity contribution in [2.24, 2.45) is 0 Å². The van der Waals surface area contributed by atoms with E-state index in [0.29, 0.717) is 11.7 Å². The zero-order chi connectivity index (χ0) is 13.0. The van der Waals surface area contributed by atoms with Gasteiger partial charge in [0.05, 0.1) is 12.8 Å². The van der Waals surface area contributed by atoms with Crippen LogP contribution in [0.4, 0.5) is 0 Å². The van der Waals surface area contributed by atoms with E-state index in [2.05, 4.69) is 24.9 Å². The van der Waals surface area contributed by atoms with Crippen molar-refractivity contribution in [1.82, 2.24) is 4.98 Å². The van der Waals surface area contributed by atoms with Crippen LogP contribution in [0, 0.1) is 0 Å². The van der Waals surface area contributed by atoms with Crippen LogP contribution in [0.15, 0.2) is 42.7 Å². The molecule has 1 aromatic heterocycles. The number of aliphatic hydroxyl groups is 1. The van der Waals surface area contributed by atoms with Crippen LogP contribution in [-0.2, 0) is 6.61 Å². The standard InChI is InChI=1S/C15H17NO2/c1-11(2)12-4-3-5-14(8-12)18-15-9-16-7-6-13(15)10-17/h3-9,11,17H,10H2,1-2H3. The molecule has 2 rings (SSSR count). The van der Waals surface area contributed by atoms with Gasteiger partial charge in [0.15, 0.2) is 5.75 Å².